The number of ether oxygens (including phenoxy) is 3. The molecule has 4 rings (SSSR count). The van der Waals surface area contributed by atoms with Crippen molar-refractivity contribution in [1.82, 2.24) is 0 Å². The predicted octanol–water partition coefficient (Wildman–Crippen LogP) is 6.66. The molecule has 1 N–H and O–H groups in total. The van der Waals surface area contributed by atoms with E-state index in [0.717, 1.165) is 34.9 Å². The maximum Gasteiger partial charge on any atom is 0.132 e. The van der Waals surface area contributed by atoms with Crippen LogP contribution in [0.2, 0.25) is 0 Å². The molecule has 1 fully saturated rings. The Morgan fingerprint density at radius 2 is 1.94 bits per heavy atom. The Kier molecular flexibility index (Phi) is 8.13. The van der Waals surface area contributed by atoms with E-state index in [4.69, 9.17) is 20.6 Å². The maximum atomic E-state index is 13.6. The van der Waals surface area contributed by atoms with Crippen LogP contribution in [-0.2, 0) is 16.0 Å². The van der Waals surface area contributed by atoms with Gasteiger partial charge in [0.2, 0.25) is 0 Å². The summed E-state index contributed by atoms with van der Waals surface area (Å²) < 4.78 is 32.5. The van der Waals surface area contributed by atoms with Gasteiger partial charge in [-0.1, -0.05) is 50.2 Å². The van der Waals surface area contributed by atoms with Gasteiger partial charge in [0.1, 0.15) is 36.0 Å². The molecule has 2 aromatic carbocycles. The summed E-state index contributed by atoms with van der Waals surface area (Å²) in [6.07, 6.45) is 12.5. The van der Waals surface area contributed by atoms with E-state index in [1.165, 1.54) is 44.2 Å². The number of hydrogen-bond acceptors (Lipinski definition) is 4. The second-order valence-corrected chi connectivity index (χ2v) is 9.96. The number of terminal acetylenes is 1. The Hall–Kier alpha value is -2.55. The SMILES string of the molecule is C#CCOC1C(OCCC2CCCCC2)c2cc(NCc3cccc(F)c3)ccc2OC1(C)C. The molecule has 4 nitrogen and oxygen atoms in total. The highest BCUT2D eigenvalue weighted by Crippen LogP contribution is 2.44. The maximum absolute atomic E-state index is 13.6. The van der Waals surface area contributed by atoms with Crippen molar-refractivity contribution in [3.8, 4) is 18.1 Å². The van der Waals surface area contributed by atoms with E-state index in [0.29, 0.717) is 13.2 Å². The molecular weight excluding hydrogens is 429 g/mol. The van der Waals surface area contributed by atoms with E-state index >= 15 is 0 Å². The number of benzene rings is 2. The summed E-state index contributed by atoms with van der Waals surface area (Å²) >= 11 is 0. The monoisotopic (exact) mass is 465 g/mol. The summed E-state index contributed by atoms with van der Waals surface area (Å²) in [6.45, 7) is 5.44. The molecule has 0 aromatic heterocycles. The molecule has 2 aliphatic rings. The van der Waals surface area contributed by atoms with Crippen LogP contribution in [0.3, 0.4) is 0 Å². The summed E-state index contributed by atoms with van der Waals surface area (Å²) in [5, 5.41) is 3.39. The van der Waals surface area contributed by atoms with Crippen molar-refractivity contribution in [1.29, 1.82) is 0 Å². The Morgan fingerprint density at radius 3 is 2.71 bits per heavy atom. The number of nitrogens with one attached hydrogen (secondary N) is 1. The van der Waals surface area contributed by atoms with Crippen LogP contribution in [0.5, 0.6) is 5.75 Å². The van der Waals surface area contributed by atoms with Gasteiger partial charge in [0.25, 0.3) is 0 Å². The minimum atomic E-state index is -0.587. The average molecular weight is 466 g/mol. The molecule has 2 aromatic rings. The van der Waals surface area contributed by atoms with Crippen LogP contribution >= 0.6 is 0 Å². The van der Waals surface area contributed by atoms with Crippen molar-refractivity contribution in [2.24, 2.45) is 5.92 Å². The van der Waals surface area contributed by atoms with Gasteiger partial charge in [0.15, 0.2) is 0 Å². The molecule has 0 spiro atoms. The smallest absolute Gasteiger partial charge is 0.132 e. The van der Waals surface area contributed by atoms with Crippen LogP contribution in [0.1, 0.15) is 69.6 Å². The molecule has 1 aliphatic heterocycles. The van der Waals surface area contributed by atoms with Crippen LogP contribution in [0.25, 0.3) is 0 Å². The minimum Gasteiger partial charge on any atom is -0.485 e. The molecule has 0 radical (unpaired) electrons. The first-order valence-corrected chi connectivity index (χ1v) is 12.4. The van der Waals surface area contributed by atoms with Crippen molar-refractivity contribution < 1.29 is 18.6 Å². The van der Waals surface area contributed by atoms with E-state index in [1.807, 2.05) is 32.0 Å². The zero-order valence-corrected chi connectivity index (χ0v) is 20.3. The van der Waals surface area contributed by atoms with Crippen molar-refractivity contribution in [2.45, 2.75) is 76.7 Å². The zero-order chi connectivity index (χ0) is 24.0. The highest BCUT2D eigenvalue weighted by Gasteiger charge is 2.45. The van der Waals surface area contributed by atoms with Gasteiger partial charge < -0.3 is 19.5 Å². The van der Waals surface area contributed by atoms with Crippen LogP contribution in [0, 0.1) is 24.1 Å². The first-order chi connectivity index (χ1) is 16.5. The number of halogens is 1. The third-order valence-electron chi connectivity index (χ3n) is 6.93. The summed E-state index contributed by atoms with van der Waals surface area (Å²) in [6, 6.07) is 12.6. The number of anilines is 1. The van der Waals surface area contributed by atoms with Crippen LogP contribution in [-0.4, -0.2) is 24.9 Å². The Labute approximate surface area is 203 Å². The van der Waals surface area contributed by atoms with Crippen LogP contribution in [0.15, 0.2) is 42.5 Å². The molecule has 34 heavy (non-hydrogen) atoms. The largest absolute Gasteiger partial charge is 0.485 e. The molecule has 0 bridgehead atoms. The molecular formula is C29H36FNO3. The lowest BCUT2D eigenvalue weighted by molar-refractivity contribution is -0.157. The zero-order valence-electron chi connectivity index (χ0n) is 20.3. The lowest BCUT2D eigenvalue weighted by Gasteiger charge is -2.44. The van der Waals surface area contributed by atoms with Gasteiger partial charge in [0.05, 0.1) is 0 Å². The third kappa shape index (κ3) is 6.11. The fraction of sp³-hybridized carbons (Fsp3) is 0.517. The molecule has 5 heteroatoms. The van der Waals surface area contributed by atoms with Crippen LogP contribution in [0.4, 0.5) is 10.1 Å². The molecule has 1 aliphatic carbocycles. The fourth-order valence-electron chi connectivity index (χ4n) is 5.13. The normalized spacial score (nSPS) is 21.8. The molecule has 1 heterocycles. The quantitative estimate of drug-likeness (QED) is 0.421. The number of hydrogen-bond donors (Lipinski definition) is 1. The fourth-order valence-corrected chi connectivity index (χ4v) is 5.13. The highest BCUT2D eigenvalue weighted by atomic mass is 19.1. The Balaban J connectivity index is 1.52. The first-order valence-electron chi connectivity index (χ1n) is 12.4. The van der Waals surface area contributed by atoms with Crippen LogP contribution < -0.4 is 10.1 Å². The summed E-state index contributed by atoms with van der Waals surface area (Å²) in [4.78, 5) is 0. The predicted molar refractivity (Wildman–Crippen MR) is 133 cm³/mol. The topological polar surface area (TPSA) is 39.7 Å². The Bertz CT molecular complexity index is 993. The van der Waals surface area contributed by atoms with E-state index in [2.05, 4.69) is 17.3 Å². The van der Waals surface area contributed by atoms with Gasteiger partial charge in [-0.2, -0.15) is 0 Å². The van der Waals surface area contributed by atoms with Gasteiger partial charge >= 0.3 is 0 Å². The third-order valence-corrected chi connectivity index (χ3v) is 6.93. The number of fused-ring (bicyclic) bond motifs is 1. The van der Waals surface area contributed by atoms with Crippen molar-refractivity contribution >= 4 is 5.69 Å². The summed E-state index contributed by atoms with van der Waals surface area (Å²) in [7, 11) is 0. The average Bonchev–Trinajstić information content (AvgIpc) is 2.82. The van der Waals surface area contributed by atoms with Gasteiger partial charge in [-0.3, -0.25) is 0 Å². The number of rotatable bonds is 9. The molecule has 0 saturated heterocycles. The van der Waals surface area contributed by atoms with Gasteiger partial charge in [0, 0.05) is 24.4 Å². The first kappa shape index (κ1) is 24.6. The molecule has 182 valence electrons. The van der Waals surface area contributed by atoms with Crippen molar-refractivity contribution in [3.63, 3.8) is 0 Å². The summed E-state index contributed by atoms with van der Waals surface area (Å²) in [5.41, 5.74) is 2.17. The molecule has 2 unspecified atom stereocenters. The second-order valence-electron chi connectivity index (χ2n) is 9.96. The van der Waals surface area contributed by atoms with Gasteiger partial charge in [-0.25, -0.2) is 4.39 Å². The van der Waals surface area contributed by atoms with E-state index in [-0.39, 0.29) is 24.6 Å². The van der Waals surface area contributed by atoms with E-state index < -0.39 is 5.60 Å². The van der Waals surface area contributed by atoms with Gasteiger partial charge in [-0.05, 0) is 62.1 Å². The van der Waals surface area contributed by atoms with E-state index in [9.17, 15) is 4.39 Å². The van der Waals surface area contributed by atoms with Gasteiger partial charge in [-0.15, -0.1) is 6.42 Å². The molecule has 1 saturated carbocycles. The molecule has 2 atom stereocenters. The lowest BCUT2D eigenvalue weighted by atomic mass is 9.86. The van der Waals surface area contributed by atoms with E-state index in [1.54, 1.807) is 6.07 Å². The minimum absolute atomic E-state index is 0.201. The lowest BCUT2D eigenvalue weighted by Crippen LogP contribution is -2.51. The highest BCUT2D eigenvalue weighted by molar-refractivity contribution is 5.54. The molecule has 0 amide bonds. The summed E-state index contributed by atoms with van der Waals surface area (Å²) in [5.74, 6) is 3.88. The van der Waals surface area contributed by atoms with Crippen molar-refractivity contribution in [3.05, 3.63) is 59.4 Å². The standard InChI is InChI=1S/C29H36FNO3/c1-4-16-33-28-27(32-17-15-21-9-6-5-7-10-21)25-19-24(13-14-26(25)34-29(28,2)3)31-20-22-11-8-12-23(30)18-22/h1,8,11-14,18-19,21,27-28,31H,5-7,9-10,15-17,20H2,2-3H3. The second kappa shape index (κ2) is 11.3. The van der Waals surface area contributed by atoms with Crippen molar-refractivity contribution in [2.75, 3.05) is 18.5 Å². The Morgan fingerprint density at radius 1 is 1.12 bits per heavy atom.